The Hall–Kier alpha value is -4.23. The van der Waals surface area contributed by atoms with E-state index in [2.05, 4.69) is 26.1 Å². The lowest BCUT2D eigenvalue weighted by Gasteiger charge is -2.24. The van der Waals surface area contributed by atoms with Gasteiger partial charge in [0.1, 0.15) is 6.54 Å². The van der Waals surface area contributed by atoms with Crippen LogP contribution in [0.3, 0.4) is 0 Å². The van der Waals surface area contributed by atoms with Crippen LogP contribution in [-0.2, 0) is 20.2 Å². The maximum Gasteiger partial charge on any atom is 0.264 e. The second-order valence-corrected chi connectivity index (χ2v) is 12.3. The van der Waals surface area contributed by atoms with E-state index in [9.17, 15) is 18.0 Å². The van der Waals surface area contributed by atoms with E-state index in [4.69, 9.17) is 0 Å². The van der Waals surface area contributed by atoms with E-state index in [1.54, 1.807) is 60.7 Å². The molecule has 0 aliphatic carbocycles. The van der Waals surface area contributed by atoms with Crippen molar-refractivity contribution >= 4 is 33.1 Å². The van der Waals surface area contributed by atoms with Crippen molar-refractivity contribution in [2.45, 2.75) is 38.0 Å². The molecule has 1 N–H and O–H groups in total. The van der Waals surface area contributed by atoms with Gasteiger partial charge >= 0.3 is 0 Å². The van der Waals surface area contributed by atoms with Crippen molar-refractivity contribution in [3.05, 3.63) is 125 Å². The zero-order valence-corrected chi connectivity index (χ0v) is 23.3. The number of nitrogens with zero attached hydrogens (tertiary/aromatic N) is 1. The van der Waals surface area contributed by atoms with Crippen molar-refractivity contribution in [2.75, 3.05) is 16.2 Å². The highest BCUT2D eigenvalue weighted by Gasteiger charge is 2.27. The number of benzene rings is 4. The third-order valence-electron chi connectivity index (χ3n) is 6.33. The van der Waals surface area contributed by atoms with Gasteiger partial charge in [0.25, 0.3) is 10.0 Å². The molecular formula is C32H32N2O4S. The van der Waals surface area contributed by atoms with Crippen LogP contribution in [0.15, 0.2) is 108 Å². The Morgan fingerprint density at radius 1 is 0.769 bits per heavy atom. The van der Waals surface area contributed by atoms with E-state index in [0.717, 1.165) is 15.4 Å². The monoisotopic (exact) mass is 540 g/mol. The van der Waals surface area contributed by atoms with Crippen molar-refractivity contribution in [3.8, 4) is 0 Å². The van der Waals surface area contributed by atoms with E-state index < -0.39 is 22.5 Å². The molecule has 0 aliphatic heterocycles. The van der Waals surface area contributed by atoms with Crippen LogP contribution < -0.4 is 9.62 Å². The number of aryl methyl sites for hydroxylation is 1. The summed E-state index contributed by atoms with van der Waals surface area (Å²) in [5.41, 5.74) is 3.73. The van der Waals surface area contributed by atoms with Crippen LogP contribution in [-0.4, -0.2) is 26.7 Å². The summed E-state index contributed by atoms with van der Waals surface area (Å²) in [6.07, 6.45) is 0. The fourth-order valence-electron chi connectivity index (χ4n) is 4.18. The van der Waals surface area contributed by atoms with Crippen molar-refractivity contribution in [1.29, 1.82) is 0 Å². The van der Waals surface area contributed by atoms with E-state index >= 15 is 0 Å². The zero-order chi connectivity index (χ0) is 28.2. The second-order valence-electron chi connectivity index (χ2n) is 10.4. The number of nitrogens with one attached hydrogen (secondary N) is 1. The van der Waals surface area contributed by atoms with Crippen LogP contribution in [0, 0.1) is 6.92 Å². The largest absolute Gasteiger partial charge is 0.324 e. The minimum atomic E-state index is -4.01. The minimum Gasteiger partial charge on any atom is -0.324 e. The lowest BCUT2D eigenvalue weighted by atomic mass is 9.86. The average molecular weight is 541 g/mol. The molecule has 4 aromatic carbocycles. The van der Waals surface area contributed by atoms with Crippen molar-refractivity contribution in [3.63, 3.8) is 0 Å². The zero-order valence-electron chi connectivity index (χ0n) is 22.5. The number of sulfonamides is 1. The predicted molar refractivity (Wildman–Crippen MR) is 156 cm³/mol. The molecule has 0 bridgehead atoms. The van der Waals surface area contributed by atoms with Crippen molar-refractivity contribution < 1.29 is 18.0 Å². The molecular weight excluding hydrogens is 508 g/mol. The van der Waals surface area contributed by atoms with Crippen LogP contribution in [0.25, 0.3) is 0 Å². The first-order valence-corrected chi connectivity index (χ1v) is 14.1. The highest BCUT2D eigenvalue weighted by Crippen LogP contribution is 2.26. The Kier molecular flexibility index (Phi) is 8.02. The van der Waals surface area contributed by atoms with Gasteiger partial charge < -0.3 is 5.32 Å². The van der Waals surface area contributed by atoms with Gasteiger partial charge in [0.15, 0.2) is 5.78 Å². The Labute approximate surface area is 230 Å². The smallest absolute Gasteiger partial charge is 0.264 e. The van der Waals surface area contributed by atoms with Crippen molar-refractivity contribution in [1.82, 2.24) is 0 Å². The lowest BCUT2D eigenvalue weighted by molar-refractivity contribution is -0.114. The number of anilines is 2. The topological polar surface area (TPSA) is 83.6 Å². The first-order chi connectivity index (χ1) is 18.4. The highest BCUT2D eigenvalue weighted by molar-refractivity contribution is 7.92. The van der Waals surface area contributed by atoms with Gasteiger partial charge in [-0.25, -0.2) is 8.42 Å². The molecule has 7 heteroatoms. The van der Waals surface area contributed by atoms with Crippen LogP contribution in [0.1, 0.15) is 47.8 Å². The molecule has 0 fully saturated rings. The Morgan fingerprint density at radius 2 is 1.44 bits per heavy atom. The summed E-state index contributed by atoms with van der Waals surface area (Å²) in [7, 11) is -4.01. The quantitative estimate of drug-likeness (QED) is 0.264. The first kappa shape index (κ1) is 27.8. The Morgan fingerprint density at radius 3 is 2.08 bits per heavy atom. The molecule has 0 radical (unpaired) electrons. The fraction of sp³-hybridized carbons (Fsp3) is 0.188. The highest BCUT2D eigenvalue weighted by atomic mass is 32.2. The number of rotatable bonds is 8. The van der Waals surface area contributed by atoms with Gasteiger partial charge in [-0.3, -0.25) is 13.9 Å². The number of ketones is 1. The molecule has 0 heterocycles. The standard InChI is InChI=1S/C32H32N2O4S/c1-23-10-8-13-28(20-23)34(39(37,38)29-14-6-5-7-15-29)22-30(35)33-27-12-9-11-25(21-27)31(36)24-16-18-26(19-17-24)32(2,3)4/h5-21H,22H2,1-4H3,(H,33,35). The molecule has 4 aromatic rings. The van der Waals surface area contributed by atoms with E-state index in [0.29, 0.717) is 22.5 Å². The SMILES string of the molecule is Cc1cccc(N(CC(=O)Nc2cccc(C(=O)c3ccc(C(C)(C)C)cc3)c2)S(=O)(=O)c2ccccc2)c1. The minimum absolute atomic E-state index is 0.0217. The summed E-state index contributed by atoms with van der Waals surface area (Å²) in [5.74, 6) is -0.699. The van der Waals surface area contributed by atoms with Gasteiger partial charge in [-0.05, 0) is 59.9 Å². The normalized spacial score (nSPS) is 11.6. The second kappa shape index (κ2) is 11.3. The molecule has 39 heavy (non-hydrogen) atoms. The van der Waals surface area contributed by atoms with E-state index in [1.807, 2.05) is 37.3 Å². The number of amides is 1. The predicted octanol–water partition coefficient (Wildman–Crippen LogP) is 6.36. The molecule has 4 rings (SSSR count). The summed E-state index contributed by atoms with van der Waals surface area (Å²) < 4.78 is 28.1. The maximum absolute atomic E-state index is 13.5. The molecule has 0 spiro atoms. The number of hydrogen-bond donors (Lipinski definition) is 1. The van der Waals surface area contributed by atoms with Crippen LogP contribution in [0.4, 0.5) is 11.4 Å². The Bertz CT molecular complexity index is 1590. The molecule has 0 saturated heterocycles. The van der Waals surface area contributed by atoms with Gasteiger partial charge in [0.05, 0.1) is 10.6 Å². The van der Waals surface area contributed by atoms with Crippen LogP contribution >= 0.6 is 0 Å². The van der Waals surface area contributed by atoms with Gasteiger partial charge in [-0.15, -0.1) is 0 Å². The fourth-order valence-corrected chi connectivity index (χ4v) is 5.61. The number of carbonyl (C=O) groups excluding carboxylic acids is 2. The molecule has 6 nitrogen and oxygen atoms in total. The molecule has 0 aromatic heterocycles. The van der Waals surface area contributed by atoms with Gasteiger partial charge in [-0.1, -0.05) is 87.5 Å². The van der Waals surface area contributed by atoms with Gasteiger partial charge in [0.2, 0.25) is 5.91 Å². The average Bonchev–Trinajstić information content (AvgIpc) is 2.91. The summed E-state index contributed by atoms with van der Waals surface area (Å²) in [5, 5.41) is 2.76. The number of hydrogen-bond acceptors (Lipinski definition) is 4. The van der Waals surface area contributed by atoms with Crippen LogP contribution in [0.5, 0.6) is 0 Å². The summed E-state index contributed by atoms with van der Waals surface area (Å²) in [6.45, 7) is 7.76. The van der Waals surface area contributed by atoms with Gasteiger partial charge in [0, 0.05) is 16.8 Å². The molecule has 0 unspecified atom stereocenters. The van der Waals surface area contributed by atoms with Crippen LogP contribution in [0.2, 0.25) is 0 Å². The third kappa shape index (κ3) is 6.62. The lowest BCUT2D eigenvalue weighted by Crippen LogP contribution is -2.38. The van der Waals surface area contributed by atoms with Crippen molar-refractivity contribution in [2.24, 2.45) is 0 Å². The summed E-state index contributed by atoms with van der Waals surface area (Å²) >= 11 is 0. The van der Waals surface area contributed by atoms with E-state index in [1.165, 1.54) is 12.1 Å². The molecule has 0 atom stereocenters. The first-order valence-electron chi connectivity index (χ1n) is 12.6. The maximum atomic E-state index is 13.5. The summed E-state index contributed by atoms with van der Waals surface area (Å²) in [4.78, 5) is 26.4. The molecule has 0 aliphatic rings. The summed E-state index contributed by atoms with van der Waals surface area (Å²) in [6, 6.07) is 29.1. The Balaban J connectivity index is 1.56. The number of carbonyl (C=O) groups is 2. The third-order valence-corrected chi connectivity index (χ3v) is 8.12. The molecule has 1 amide bonds. The van der Waals surface area contributed by atoms with Gasteiger partial charge in [-0.2, -0.15) is 0 Å². The van der Waals surface area contributed by atoms with E-state index in [-0.39, 0.29) is 16.1 Å². The molecule has 200 valence electrons. The molecule has 0 saturated carbocycles.